The van der Waals surface area contributed by atoms with Crippen molar-refractivity contribution in [3.63, 3.8) is 0 Å². The van der Waals surface area contributed by atoms with Crippen molar-refractivity contribution in [1.29, 1.82) is 0 Å². The van der Waals surface area contributed by atoms with E-state index in [9.17, 15) is 0 Å². The van der Waals surface area contributed by atoms with Gasteiger partial charge in [-0.3, -0.25) is 0 Å². The minimum Gasteiger partial charge on any atom is -0.497 e. The molecule has 0 heterocycles. The molecule has 0 N–H and O–H groups in total. The van der Waals surface area contributed by atoms with E-state index in [0.717, 1.165) is 5.57 Å². The van der Waals surface area contributed by atoms with Crippen LogP contribution in [-0.4, -0.2) is 7.11 Å². The lowest BCUT2D eigenvalue weighted by atomic mass is 9.87. The second-order valence-corrected chi connectivity index (χ2v) is 3.78. The maximum Gasteiger partial charge on any atom is 0.111 e. The molecule has 68 valence electrons. The maximum absolute atomic E-state index is 4.89. The first kappa shape index (κ1) is 11.0. The van der Waals surface area contributed by atoms with Crippen LogP contribution in [0.4, 0.5) is 0 Å². The van der Waals surface area contributed by atoms with Crippen LogP contribution in [0.2, 0.25) is 0 Å². The molecule has 0 aromatic carbocycles. The Kier molecular flexibility index (Phi) is 3.81. The van der Waals surface area contributed by atoms with Crippen LogP contribution in [0.15, 0.2) is 36.6 Å². The SMILES string of the molecule is C=C(/C=C\C(=C)C(C)(C)C)OC. The van der Waals surface area contributed by atoms with Crippen molar-refractivity contribution in [2.24, 2.45) is 5.41 Å². The van der Waals surface area contributed by atoms with Crippen LogP contribution < -0.4 is 0 Å². The minimum atomic E-state index is 0.116. The lowest BCUT2D eigenvalue weighted by Gasteiger charge is -2.18. The molecule has 0 fully saturated rings. The fourth-order valence-electron chi connectivity index (χ4n) is 0.512. The summed E-state index contributed by atoms with van der Waals surface area (Å²) < 4.78 is 4.89. The zero-order chi connectivity index (χ0) is 9.78. The van der Waals surface area contributed by atoms with Gasteiger partial charge in [0, 0.05) is 0 Å². The van der Waals surface area contributed by atoms with Gasteiger partial charge in [0.05, 0.1) is 7.11 Å². The number of hydrogen-bond acceptors (Lipinski definition) is 1. The number of ether oxygens (including phenoxy) is 1. The Bertz CT molecular complexity index is 204. The van der Waals surface area contributed by atoms with Crippen molar-refractivity contribution in [3.05, 3.63) is 36.6 Å². The molecule has 0 unspecified atom stereocenters. The van der Waals surface area contributed by atoms with Gasteiger partial charge in [0.15, 0.2) is 0 Å². The van der Waals surface area contributed by atoms with Crippen molar-refractivity contribution < 1.29 is 4.74 Å². The van der Waals surface area contributed by atoms with E-state index in [2.05, 4.69) is 33.9 Å². The number of rotatable bonds is 3. The van der Waals surface area contributed by atoms with Gasteiger partial charge < -0.3 is 4.74 Å². The van der Waals surface area contributed by atoms with E-state index in [1.54, 1.807) is 7.11 Å². The molecule has 0 spiro atoms. The topological polar surface area (TPSA) is 9.23 Å². The third kappa shape index (κ3) is 4.02. The van der Waals surface area contributed by atoms with Crippen LogP contribution in [0, 0.1) is 5.41 Å². The van der Waals surface area contributed by atoms with Crippen LogP contribution in [0.3, 0.4) is 0 Å². The summed E-state index contributed by atoms with van der Waals surface area (Å²) in [7, 11) is 1.60. The Balaban J connectivity index is 4.19. The predicted molar refractivity (Wildman–Crippen MR) is 53.9 cm³/mol. The molecule has 0 saturated carbocycles. The lowest BCUT2D eigenvalue weighted by molar-refractivity contribution is 0.308. The Morgan fingerprint density at radius 2 is 1.67 bits per heavy atom. The summed E-state index contributed by atoms with van der Waals surface area (Å²) >= 11 is 0. The average Bonchev–Trinajstić information content (AvgIpc) is 1.97. The van der Waals surface area contributed by atoms with E-state index in [4.69, 9.17) is 4.74 Å². The Morgan fingerprint density at radius 1 is 1.17 bits per heavy atom. The van der Waals surface area contributed by atoms with Gasteiger partial charge in [0.25, 0.3) is 0 Å². The maximum atomic E-state index is 4.89. The molecule has 0 bridgehead atoms. The Morgan fingerprint density at radius 3 is 2.00 bits per heavy atom. The van der Waals surface area contributed by atoms with Crippen LogP contribution in [-0.2, 0) is 4.74 Å². The summed E-state index contributed by atoms with van der Waals surface area (Å²) in [6.45, 7) is 14.0. The average molecular weight is 166 g/mol. The van der Waals surface area contributed by atoms with E-state index in [-0.39, 0.29) is 5.41 Å². The van der Waals surface area contributed by atoms with Crippen molar-refractivity contribution in [1.82, 2.24) is 0 Å². The van der Waals surface area contributed by atoms with Gasteiger partial charge >= 0.3 is 0 Å². The summed E-state index contributed by atoms with van der Waals surface area (Å²) in [5, 5.41) is 0. The molecule has 0 amide bonds. The molecule has 0 aromatic rings. The normalized spacial score (nSPS) is 11.7. The number of hydrogen-bond donors (Lipinski definition) is 0. The second-order valence-electron chi connectivity index (χ2n) is 3.78. The molecule has 0 aliphatic carbocycles. The third-order valence-corrected chi connectivity index (χ3v) is 1.70. The quantitative estimate of drug-likeness (QED) is 0.461. The molecule has 0 atom stereocenters. The van der Waals surface area contributed by atoms with Crippen molar-refractivity contribution in [2.75, 3.05) is 7.11 Å². The highest BCUT2D eigenvalue weighted by Crippen LogP contribution is 2.24. The summed E-state index contributed by atoms with van der Waals surface area (Å²) in [6, 6.07) is 0. The second kappa shape index (κ2) is 4.15. The number of methoxy groups -OCH3 is 1. The summed E-state index contributed by atoms with van der Waals surface area (Å²) in [5.74, 6) is 0.653. The van der Waals surface area contributed by atoms with Crippen LogP contribution >= 0.6 is 0 Å². The largest absolute Gasteiger partial charge is 0.497 e. The van der Waals surface area contributed by atoms with E-state index in [1.165, 1.54) is 0 Å². The molecular weight excluding hydrogens is 148 g/mol. The summed E-state index contributed by atoms with van der Waals surface area (Å²) in [4.78, 5) is 0. The first-order chi connectivity index (χ1) is 5.38. The van der Waals surface area contributed by atoms with Crippen molar-refractivity contribution in [2.45, 2.75) is 20.8 Å². The first-order valence-electron chi connectivity index (χ1n) is 3.98. The molecule has 0 radical (unpaired) electrons. The molecule has 0 saturated heterocycles. The van der Waals surface area contributed by atoms with Gasteiger partial charge in [-0.15, -0.1) is 0 Å². The molecule has 0 rings (SSSR count). The van der Waals surface area contributed by atoms with Crippen molar-refractivity contribution in [3.8, 4) is 0 Å². The molecule has 0 aliphatic heterocycles. The smallest absolute Gasteiger partial charge is 0.111 e. The molecular formula is C11H18O. The zero-order valence-corrected chi connectivity index (χ0v) is 8.48. The van der Waals surface area contributed by atoms with Crippen LogP contribution in [0.25, 0.3) is 0 Å². The van der Waals surface area contributed by atoms with Gasteiger partial charge in [-0.25, -0.2) is 0 Å². The van der Waals surface area contributed by atoms with E-state index in [1.807, 2.05) is 12.2 Å². The summed E-state index contributed by atoms with van der Waals surface area (Å²) in [5.41, 5.74) is 1.19. The van der Waals surface area contributed by atoms with Gasteiger partial charge in [0.2, 0.25) is 0 Å². The molecule has 1 heteroatoms. The lowest BCUT2D eigenvalue weighted by Crippen LogP contribution is -2.05. The first-order valence-corrected chi connectivity index (χ1v) is 3.98. The third-order valence-electron chi connectivity index (χ3n) is 1.70. The fourth-order valence-corrected chi connectivity index (χ4v) is 0.512. The predicted octanol–water partition coefficient (Wildman–Crippen LogP) is 3.31. The fraction of sp³-hybridized carbons (Fsp3) is 0.455. The van der Waals surface area contributed by atoms with Crippen LogP contribution in [0.5, 0.6) is 0 Å². The standard InChI is InChI=1S/C11H18O/c1-9(11(3,4)5)7-8-10(2)12-6/h7-8H,1-2H2,3-6H3/b8-7-. The highest BCUT2D eigenvalue weighted by atomic mass is 16.5. The Labute approximate surface area is 75.4 Å². The van der Waals surface area contributed by atoms with E-state index < -0.39 is 0 Å². The monoisotopic (exact) mass is 166 g/mol. The molecule has 12 heavy (non-hydrogen) atoms. The highest BCUT2D eigenvalue weighted by molar-refractivity contribution is 5.25. The van der Waals surface area contributed by atoms with E-state index in [0.29, 0.717) is 5.76 Å². The summed E-state index contributed by atoms with van der Waals surface area (Å²) in [6.07, 6.45) is 3.76. The molecule has 0 aromatic heterocycles. The molecule has 0 aliphatic rings. The minimum absolute atomic E-state index is 0.116. The van der Waals surface area contributed by atoms with Gasteiger partial charge in [-0.2, -0.15) is 0 Å². The van der Waals surface area contributed by atoms with Gasteiger partial charge in [-0.1, -0.05) is 40.0 Å². The Hall–Kier alpha value is -0.980. The van der Waals surface area contributed by atoms with Crippen molar-refractivity contribution >= 4 is 0 Å². The van der Waals surface area contributed by atoms with Gasteiger partial charge in [0.1, 0.15) is 5.76 Å². The van der Waals surface area contributed by atoms with Crippen LogP contribution in [0.1, 0.15) is 20.8 Å². The number of allylic oxidation sites excluding steroid dienone is 3. The highest BCUT2D eigenvalue weighted by Gasteiger charge is 2.11. The van der Waals surface area contributed by atoms with Gasteiger partial charge in [-0.05, 0) is 17.1 Å². The molecule has 1 nitrogen and oxygen atoms in total. The zero-order valence-electron chi connectivity index (χ0n) is 8.48. The van der Waals surface area contributed by atoms with E-state index >= 15 is 0 Å².